The zero-order chi connectivity index (χ0) is 8.97. The van der Waals surface area contributed by atoms with Crippen LogP contribution in [0.2, 0.25) is 0 Å². The third-order valence-corrected chi connectivity index (χ3v) is 3.05. The van der Waals surface area contributed by atoms with Gasteiger partial charge in [-0.15, -0.1) is 11.8 Å². The molecule has 0 aromatic heterocycles. The van der Waals surface area contributed by atoms with E-state index in [0.717, 1.165) is 11.8 Å². The van der Waals surface area contributed by atoms with Crippen LogP contribution in [0.1, 0.15) is 0 Å². The smallest absolute Gasteiger partial charge is 0.189 e. The van der Waals surface area contributed by atoms with Crippen LogP contribution < -0.4 is 0 Å². The second kappa shape index (κ2) is 4.54. The maximum atomic E-state index is 10.7. The highest BCUT2D eigenvalue weighted by molar-refractivity contribution is 8.16. The maximum absolute atomic E-state index is 10.7. The van der Waals surface area contributed by atoms with E-state index < -0.39 is 11.1 Å². The Bertz CT molecular complexity index is 272. The quantitative estimate of drug-likeness (QED) is 0.412. The molecule has 1 aliphatic heterocycles. The minimum absolute atomic E-state index is 0.104. The Balaban J connectivity index is 2.86. The van der Waals surface area contributed by atoms with E-state index in [9.17, 15) is 9.00 Å². The normalized spacial score (nSPS) is 20.4. The predicted molar refractivity (Wildman–Crippen MR) is 49.7 cm³/mol. The number of rotatable bonds is 3. The highest BCUT2D eigenvalue weighted by Gasteiger charge is 2.16. The Morgan fingerprint density at radius 3 is 2.92 bits per heavy atom. The number of allylic oxidation sites excluding steroid dienone is 1. The first-order valence-electron chi connectivity index (χ1n) is 3.19. The number of carbonyl (C=O) groups is 1. The highest BCUT2D eigenvalue weighted by atomic mass is 32.2. The van der Waals surface area contributed by atoms with Gasteiger partial charge < -0.3 is 4.55 Å². The Labute approximate surface area is 76.4 Å². The summed E-state index contributed by atoms with van der Waals surface area (Å²) >= 11 is -0.726. The van der Waals surface area contributed by atoms with Gasteiger partial charge in [-0.2, -0.15) is 0 Å². The summed E-state index contributed by atoms with van der Waals surface area (Å²) in [6, 6.07) is 0. The van der Waals surface area contributed by atoms with E-state index in [2.05, 4.69) is 4.99 Å². The molecule has 1 N–H and O–H groups in total. The first kappa shape index (κ1) is 9.63. The standard InChI is InChI=1S/C6H7NO3S2/c8-3-1-5(12(9)10)6-7-2-4-11-6/h1,3H,2,4H2,(H,9,10). The van der Waals surface area contributed by atoms with E-state index in [4.69, 9.17) is 4.55 Å². The van der Waals surface area contributed by atoms with Crippen LogP contribution >= 0.6 is 11.8 Å². The molecule has 0 spiro atoms. The number of nitrogens with zero attached hydrogens (tertiary/aromatic N) is 1. The van der Waals surface area contributed by atoms with E-state index in [1.54, 1.807) is 0 Å². The summed E-state index contributed by atoms with van der Waals surface area (Å²) in [7, 11) is 0. The number of hydrogen-bond donors (Lipinski definition) is 1. The minimum atomic E-state index is -2.11. The van der Waals surface area contributed by atoms with Crippen molar-refractivity contribution in [2.24, 2.45) is 4.99 Å². The molecule has 0 aromatic rings. The molecule has 1 rings (SSSR count). The molecule has 0 bridgehead atoms. The van der Waals surface area contributed by atoms with Gasteiger partial charge in [0.25, 0.3) is 0 Å². The van der Waals surface area contributed by atoms with E-state index >= 15 is 0 Å². The molecule has 66 valence electrons. The van der Waals surface area contributed by atoms with Crippen molar-refractivity contribution in [2.75, 3.05) is 12.3 Å². The van der Waals surface area contributed by atoms with E-state index in [0.29, 0.717) is 17.9 Å². The molecule has 0 radical (unpaired) electrons. The molecular formula is C6H7NO3S2. The van der Waals surface area contributed by atoms with Gasteiger partial charge in [-0.1, -0.05) is 0 Å². The number of aliphatic imine (C=N–C) groups is 1. The topological polar surface area (TPSA) is 66.7 Å². The third-order valence-electron chi connectivity index (χ3n) is 1.20. The third kappa shape index (κ3) is 2.26. The minimum Gasteiger partial charge on any atom is -0.302 e. The first-order valence-corrected chi connectivity index (χ1v) is 5.29. The summed E-state index contributed by atoms with van der Waals surface area (Å²) in [6.45, 7) is 0.646. The SMILES string of the molecule is O=CC=C(C1=NCCS1)S(=O)O. The monoisotopic (exact) mass is 205 g/mol. The highest BCUT2D eigenvalue weighted by Crippen LogP contribution is 2.19. The van der Waals surface area contributed by atoms with Gasteiger partial charge in [0.15, 0.2) is 11.1 Å². The molecule has 0 saturated carbocycles. The number of carbonyl (C=O) groups excluding carboxylic acids is 1. The zero-order valence-electron chi connectivity index (χ0n) is 6.10. The molecule has 6 heteroatoms. The average molecular weight is 205 g/mol. The van der Waals surface area contributed by atoms with Crippen molar-refractivity contribution in [3.63, 3.8) is 0 Å². The fourth-order valence-electron chi connectivity index (χ4n) is 0.750. The van der Waals surface area contributed by atoms with E-state index in [1.807, 2.05) is 0 Å². The van der Waals surface area contributed by atoms with E-state index in [-0.39, 0.29) is 4.91 Å². The van der Waals surface area contributed by atoms with Crippen molar-refractivity contribution in [1.82, 2.24) is 0 Å². The molecule has 1 aliphatic rings. The lowest BCUT2D eigenvalue weighted by Crippen LogP contribution is -2.02. The summed E-state index contributed by atoms with van der Waals surface area (Å²) in [5.41, 5.74) is 0. The van der Waals surface area contributed by atoms with Crippen molar-refractivity contribution in [1.29, 1.82) is 0 Å². The van der Waals surface area contributed by atoms with E-state index in [1.165, 1.54) is 11.8 Å². The van der Waals surface area contributed by atoms with Crippen LogP contribution in [0.25, 0.3) is 0 Å². The number of aldehydes is 1. The van der Waals surface area contributed by atoms with Crippen molar-refractivity contribution in [3.05, 3.63) is 11.0 Å². The number of hydrogen-bond acceptors (Lipinski definition) is 4. The van der Waals surface area contributed by atoms with Crippen molar-refractivity contribution >= 4 is 34.2 Å². The van der Waals surface area contributed by atoms with Crippen LogP contribution in [-0.4, -0.2) is 32.4 Å². The molecular weight excluding hydrogens is 198 g/mol. The Kier molecular flexibility index (Phi) is 3.64. The molecule has 0 aliphatic carbocycles. The largest absolute Gasteiger partial charge is 0.302 e. The molecule has 0 saturated heterocycles. The molecule has 4 nitrogen and oxygen atoms in total. The van der Waals surface area contributed by atoms with Crippen LogP contribution in [-0.2, 0) is 15.9 Å². The molecule has 0 amide bonds. The maximum Gasteiger partial charge on any atom is 0.189 e. The second-order valence-corrected chi connectivity index (χ2v) is 3.97. The van der Waals surface area contributed by atoms with Crippen LogP contribution in [0.5, 0.6) is 0 Å². The fraction of sp³-hybridized carbons (Fsp3) is 0.333. The first-order chi connectivity index (χ1) is 5.75. The van der Waals surface area contributed by atoms with Crippen molar-refractivity contribution < 1.29 is 13.6 Å². The second-order valence-electron chi connectivity index (χ2n) is 1.95. The van der Waals surface area contributed by atoms with Crippen LogP contribution in [0.4, 0.5) is 0 Å². The summed E-state index contributed by atoms with van der Waals surface area (Å²) in [5, 5.41) is 0.503. The average Bonchev–Trinajstić information content (AvgIpc) is 2.51. The summed E-state index contributed by atoms with van der Waals surface area (Å²) in [6.07, 6.45) is 1.57. The molecule has 0 aromatic carbocycles. The van der Waals surface area contributed by atoms with Crippen LogP contribution in [0.3, 0.4) is 0 Å². The molecule has 1 heterocycles. The predicted octanol–water partition coefficient (Wildman–Crippen LogP) is 0.436. The van der Waals surface area contributed by atoms with Gasteiger partial charge in [0.2, 0.25) is 0 Å². The van der Waals surface area contributed by atoms with Gasteiger partial charge in [-0.05, 0) is 6.08 Å². The van der Waals surface area contributed by atoms with Gasteiger partial charge in [-0.25, -0.2) is 4.21 Å². The van der Waals surface area contributed by atoms with Gasteiger partial charge in [0, 0.05) is 12.3 Å². The molecule has 12 heavy (non-hydrogen) atoms. The van der Waals surface area contributed by atoms with Gasteiger partial charge in [-0.3, -0.25) is 9.79 Å². The Hall–Kier alpha value is -0.460. The van der Waals surface area contributed by atoms with Crippen molar-refractivity contribution in [3.8, 4) is 0 Å². The lowest BCUT2D eigenvalue weighted by atomic mass is 10.5. The van der Waals surface area contributed by atoms with Gasteiger partial charge in [0.05, 0.1) is 0 Å². The van der Waals surface area contributed by atoms with Gasteiger partial charge in [0.1, 0.15) is 16.2 Å². The van der Waals surface area contributed by atoms with Crippen LogP contribution in [0.15, 0.2) is 16.0 Å². The van der Waals surface area contributed by atoms with Crippen molar-refractivity contribution in [2.45, 2.75) is 0 Å². The zero-order valence-corrected chi connectivity index (χ0v) is 7.73. The Morgan fingerprint density at radius 1 is 1.75 bits per heavy atom. The summed E-state index contributed by atoms with van der Waals surface area (Å²) in [5.74, 6) is 0.808. The Morgan fingerprint density at radius 2 is 2.50 bits per heavy atom. The lowest BCUT2D eigenvalue weighted by Gasteiger charge is -1.97. The number of thioether (sulfide) groups is 1. The molecule has 1 atom stereocenters. The van der Waals surface area contributed by atoms with Gasteiger partial charge >= 0.3 is 0 Å². The molecule has 0 fully saturated rings. The lowest BCUT2D eigenvalue weighted by molar-refractivity contribution is -0.104. The molecule has 1 unspecified atom stereocenters. The summed E-state index contributed by atoms with van der Waals surface area (Å²) in [4.78, 5) is 14.2. The summed E-state index contributed by atoms with van der Waals surface area (Å²) < 4.78 is 19.4. The fourth-order valence-corrected chi connectivity index (χ4v) is 2.30. The van der Waals surface area contributed by atoms with Crippen LogP contribution in [0, 0.1) is 0 Å².